The van der Waals surface area contributed by atoms with Crippen LogP contribution in [0.25, 0.3) is 10.1 Å². The molecule has 3 heterocycles. The summed E-state index contributed by atoms with van der Waals surface area (Å²) in [7, 11) is 0. The topological polar surface area (TPSA) is 63.0 Å². The summed E-state index contributed by atoms with van der Waals surface area (Å²) >= 11 is 7.31. The minimum absolute atomic E-state index is 0.109. The van der Waals surface area contributed by atoms with Crippen LogP contribution >= 0.6 is 22.9 Å². The van der Waals surface area contributed by atoms with E-state index >= 15 is 0 Å². The molecule has 5 nitrogen and oxygen atoms in total. The van der Waals surface area contributed by atoms with Crippen molar-refractivity contribution in [2.45, 2.75) is 32.8 Å². The second-order valence-corrected chi connectivity index (χ2v) is 8.99. The Kier molecular flexibility index (Phi) is 4.79. The molecule has 0 saturated heterocycles. The predicted molar refractivity (Wildman–Crippen MR) is 119 cm³/mol. The number of rotatable bonds is 2. The lowest BCUT2D eigenvalue weighted by atomic mass is 9.95. The van der Waals surface area contributed by atoms with Crippen molar-refractivity contribution in [2.24, 2.45) is 10.2 Å². The SMILES string of the molecule is CC1=NN=C(c2sc3ccc(Cl)cc3c2C(F)F)c2cc3c(cc2C1)NC(=O)C(C)O3. The molecule has 158 valence electrons. The number of nitrogens with zero attached hydrogens (tertiary/aromatic N) is 2. The molecule has 3 aromatic rings. The molecule has 2 aromatic carbocycles. The fourth-order valence-corrected chi connectivity index (χ4v) is 5.18. The molecule has 0 aliphatic carbocycles. The number of thiophene rings is 1. The molecule has 0 radical (unpaired) electrons. The van der Waals surface area contributed by atoms with Gasteiger partial charge in [0, 0.05) is 38.4 Å². The van der Waals surface area contributed by atoms with Gasteiger partial charge in [0.05, 0.1) is 10.6 Å². The van der Waals surface area contributed by atoms with E-state index < -0.39 is 12.5 Å². The monoisotopic (exact) mass is 459 g/mol. The van der Waals surface area contributed by atoms with Gasteiger partial charge in [0.15, 0.2) is 6.10 Å². The highest BCUT2D eigenvalue weighted by atomic mass is 35.5. The lowest BCUT2D eigenvalue weighted by Crippen LogP contribution is -2.34. The minimum Gasteiger partial charge on any atom is -0.479 e. The van der Waals surface area contributed by atoms with Gasteiger partial charge in [-0.2, -0.15) is 5.10 Å². The average molecular weight is 460 g/mol. The first-order valence-electron chi connectivity index (χ1n) is 9.58. The number of carbonyl (C=O) groups is 1. The number of ether oxygens (including phenoxy) is 1. The predicted octanol–water partition coefficient (Wildman–Crippen LogP) is 5.98. The Bertz CT molecular complexity index is 1320. The average Bonchev–Trinajstić information content (AvgIpc) is 3.00. The lowest BCUT2D eigenvalue weighted by molar-refractivity contribution is -0.122. The van der Waals surface area contributed by atoms with Crippen molar-refractivity contribution in [3.8, 4) is 5.75 Å². The summed E-state index contributed by atoms with van der Waals surface area (Å²) in [6, 6.07) is 8.52. The number of halogens is 3. The molecule has 9 heteroatoms. The van der Waals surface area contributed by atoms with Crippen molar-refractivity contribution in [2.75, 3.05) is 5.32 Å². The third-order valence-corrected chi connectivity index (χ3v) is 6.71. The first-order chi connectivity index (χ1) is 14.8. The number of anilines is 1. The lowest BCUT2D eigenvalue weighted by Gasteiger charge is -2.25. The molecular formula is C22H16ClF2N3O2S. The van der Waals surface area contributed by atoms with Crippen LogP contribution in [0.1, 0.15) is 41.8 Å². The van der Waals surface area contributed by atoms with Gasteiger partial charge in [-0.15, -0.1) is 16.4 Å². The van der Waals surface area contributed by atoms with Gasteiger partial charge in [0.1, 0.15) is 11.5 Å². The maximum atomic E-state index is 14.2. The summed E-state index contributed by atoms with van der Waals surface area (Å²) in [5, 5.41) is 12.3. The van der Waals surface area contributed by atoms with Crippen LogP contribution in [0.5, 0.6) is 5.75 Å². The first kappa shape index (κ1) is 20.1. The summed E-state index contributed by atoms with van der Waals surface area (Å²) in [4.78, 5) is 12.4. The molecule has 1 aromatic heterocycles. The zero-order chi connectivity index (χ0) is 21.9. The molecule has 0 fully saturated rings. The molecule has 2 aliphatic rings. The number of nitrogens with one attached hydrogen (secondary N) is 1. The van der Waals surface area contributed by atoms with Crippen molar-refractivity contribution in [1.29, 1.82) is 0 Å². The highest BCUT2D eigenvalue weighted by Gasteiger charge is 2.30. The Labute approximate surface area is 185 Å². The van der Waals surface area contributed by atoms with Gasteiger partial charge >= 0.3 is 0 Å². The molecule has 1 N–H and O–H groups in total. The van der Waals surface area contributed by atoms with E-state index in [1.54, 1.807) is 37.3 Å². The second-order valence-electron chi connectivity index (χ2n) is 7.50. The maximum Gasteiger partial charge on any atom is 0.265 e. The molecule has 1 amide bonds. The minimum atomic E-state index is -2.71. The summed E-state index contributed by atoms with van der Waals surface area (Å²) in [6.07, 6.45) is -2.89. The van der Waals surface area contributed by atoms with Gasteiger partial charge in [-0.05, 0) is 49.7 Å². The van der Waals surface area contributed by atoms with Crippen LogP contribution in [0.3, 0.4) is 0 Å². The molecule has 0 spiro atoms. The fraction of sp³-hybridized carbons (Fsp3) is 0.227. The number of hydrogen-bond donors (Lipinski definition) is 1. The Morgan fingerprint density at radius 2 is 2.06 bits per heavy atom. The van der Waals surface area contributed by atoms with Gasteiger partial charge in [-0.25, -0.2) is 8.78 Å². The van der Waals surface area contributed by atoms with E-state index in [1.165, 1.54) is 11.3 Å². The van der Waals surface area contributed by atoms with E-state index in [0.717, 1.165) is 11.3 Å². The zero-order valence-electron chi connectivity index (χ0n) is 16.5. The van der Waals surface area contributed by atoms with Gasteiger partial charge < -0.3 is 10.1 Å². The highest BCUT2D eigenvalue weighted by molar-refractivity contribution is 7.21. The van der Waals surface area contributed by atoms with Gasteiger partial charge in [0.25, 0.3) is 12.3 Å². The van der Waals surface area contributed by atoms with E-state index in [9.17, 15) is 13.6 Å². The molecule has 31 heavy (non-hydrogen) atoms. The number of amides is 1. The van der Waals surface area contributed by atoms with Crippen LogP contribution < -0.4 is 10.1 Å². The highest BCUT2D eigenvalue weighted by Crippen LogP contribution is 2.42. The maximum absolute atomic E-state index is 14.2. The standard InChI is InChI=1S/C22H16ClF2N3O2S/c1-9-5-11-6-15-16(30-10(2)22(29)26-15)8-13(11)19(28-27-9)20-18(21(24)25)14-7-12(23)3-4-17(14)31-20/h3-4,6-8,10,21H,5H2,1-2H3,(H,26,29). The molecule has 2 aliphatic heterocycles. The van der Waals surface area contributed by atoms with Crippen LogP contribution in [0.2, 0.25) is 5.02 Å². The Morgan fingerprint density at radius 1 is 1.26 bits per heavy atom. The van der Waals surface area contributed by atoms with Crippen LogP contribution in [0.15, 0.2) is 40.5 Å². The molecule has 1 atom stereocenters. The zero-order valence-corrected chi connectivity index (χ0v) is 18.1. The molecule has 1 unspecified atom stereocenters. The van der Waals surface area contributed by atoms with Gasteiger partial charge in [0.2, 0.25) is 0 Å². The molecule has 0 bridgehead atoms. The molecule has 5 rings (SSSR count). The van der Waals surface area contributed by atoms with Gasteiger partial charge in [-0.1, -0.05) is 11.6 Å². The fourth-order valence-electron chi connectivity index (χ4n) is 3.81. The quantitative estimate of drug-likeness (QED) is 0.512. The van der Waals surface area contributed by atoms with Crippen LogP contribution in [0.4, 0.5) is 14.5 Å². The van der Waals surface area contributed by atoms with Crippen molar-refractivity contribution in [3.63, 3.8) is 0 Å². The second kappa shape index (κ2) is 7.39. The number of fused-ring (bicyclic) bond motifs is 3. The number of carbonyl (C=O) groups excluding carboxylic acids is 1. The van der Waals surface area contributed by atoms with E-state index in [4.69, 9.17) is 16.3 Å². The summed E-state index contributed by atoms with van der Waals surface area (Å²) in [5.41, 5.74) is 3.01. The third kappa shape index (κ3) is 3.40. The summed E-state index contributed by atoms with van der Waals surface area (Å²) in [6.45, 7) is 3.47. The van der Waals surface area contributed by atoms with Crippen molar-refractivity contribution < 1.29 is 18.3 Å². The largest absolute Gasteiger partial charge is 0.479 e. The first-order valence-corrected chi connectivity index (χ1v) is 10.8. The normalized spacial score (nSPS) is 18.0. The molecular weight excluding hydrogens is 444 g/mol. The van der Waals surface area contributed by atoms with Gasteiger partial charge in [-0.3, -0.25) is 4.79 Å². The van der Waals surface area contributed by atoms with Crippen LogP contribution in [-0.2, 0) is 11.2 Å². The molecule has 0 saturated carbocycles. The van der Waals surface area contributed by atoms with E-state index in [1.807, 2.05) is 6.92 Å². The van der Waals surface area contributed by atoms with Crippen LogP contribution in [0, 0.1) is 0 Å². The van der Waals surface area contributed by atoms with Crippen molar-refractivity contribution in [3.05, 3.63) is 56.9 Å². The van der Waals surface area contributed by atoms with E-state index in [0.29, 0.717) is 49.1 Å². The number of alkyl halides is 2. The third-order valence-electron chi connectivity index (χ3n) is 5.28. The van der Waals surface area contributed by atoms with Crippen molar-refractivity contribution >= 4 is 56.0 Å². The van der Waals surface area contributed by atoms with Crippen molar-refractivity contribution in [1.82, 2.24) is 0 Å². The van der Waals surface area contributed by atoms with E-state index in [2.05, 4.69) is 15.5 Å². The smallest absolute Gasteiger partial charge is 0.265 e. The summed E-state index contributed by atoms with van der Waals surface area (Å²) in [5.74, 6) is 0.238. The number of hydrogen-bond acceptors (Lipinski definition) is 5. The summed E-state index contributed by atoms with van der Waals surface area (Å²) < 4.78 is 34.8. The Balaban J connectivity index is 1.76. The number of benzene rings is 2. The Hall–Kier alpha value is -2.84. The Morgan fingerprint density at radius 3 is 2.84 bits per heavy atom. The van der Waals surface area contributed by atoms with Crippen LogP contribution in [-0.4, -0.2) is 23.4 Å². The van der Waals surface area contributed by atoms with E-state index in [-0.39, 0.29) is 11.5 Å².